The van der Waals surface area contributed by atoms with E-state index in [1.807, 2.05) is 26.3 Å². The SMILES string of the molecule is CC(C)(C)C(NS(=O)(=O)c1ccc(Br)cc1)C(=S)NO. The van der Waals surface area contributed by atoms with Crippen LogP contribution in [0.15, 0.2) is 33.6 Å². The van der Waals surface area contributed by atoms with Crippen molar-refractivity contribution in [3.05, 3.63) is 28.7 Å². The first-order valence-electron chi connectivity index (χ1n) is 5.80. The smallest absolute Gasteiger partial charge is 0.241 e. The van der Waals surface area contributed by atoms with E-state index in [1.54, 1.807) is 12.1 Å². The van der Waals surface area contributed by atoms with E-state index in [4.69, 9.17) is 17.4 Å². The monoisotopic (exact) mass is 380 g/mol. The van der Waals surface area contributed by atoms with E-state index >= 15 is 0 Å². The molecular formula is C12H17BrN2O3S2. The predicted molar refractivity (Wildman–Crippen MR) is 85.2 cm³/mol. The lowest BCUT2D eigenvalue weighted by atomic mass is 9.87. The molecule has 0 aliphatic rings. The van der Waals surface area contributed by atoms with Gasteiger partial charge in [0, 0.05) is 4.47 Å². The maximum Gasteiger partial charge on any atom is 0.241 e. The fraction of sp³-hybridized carbons (Fsp3) is 0.417. The van der Waals surface area contributed by atoms with Crippen molar-refractivity contribution in [2.75, 3.05) is 0 Å². The Morgan fingerprint density at radius 1 is 1.30 bits per heavy atom. The Hall–Kier alpha value is -0.540. The number of nitrogens with one attached hydrogen (secondary N) is 2. The number of rotatable bonds is 4. The number of sulfonamides is 1. The van der Waals surface area contributed by atoms with Crippen LogP contribution in [0.1, 0.15) is 20.8 Å². The Balaban J connectivity index is 3.09. The van der Waals surface area contributed by atoms with E-state index in [2.05, 4.69) is 20.7 Å². The molecule has 20 heavy (non-hydrogen) atoms. The topological polar surface area (TPSA) is 78.4 Å². The van der Waals surface area contributed by atoms with E-state index in [0.717, 1.165) is 4.47 Å². The van der Waals surface area contributed by atoms with Crippen molar-refractivity contribution in [3.8, 4) is 0 Å². The highest BCUT2D eigenvalue weighted by atomic mass is 79.9. The number of benzene rings is 1. The highest BCUT2D eigenvalue weighted by molar-refractivity contribution is 9.10. The molecule has 0 saturated heterocycles. The number of hydroxylamine groups is 1. The van der Waals surface area contributed by atoms with Gasteiger partial charge in [0.2, 0.25) is 10.0 Å². The van der Waals surface area contributed by atoms with Crippen molar-refractivity contribution in [2.24, 2.45) is 5.41 Å². The zero-order chi connectivity index (χ0) is 15.6. The highest BCUT2D eigenvalue weighted by Crippen LogP contribution is 2.23. The van der Waals surface area contributed by atoms with E-state index in [9.17, 15) is 8.42 Å². The van der Waals surface area contributed by atoms with Crippen LogP contribution in [0.3, 0.4) is 0 Å². The Kier molecular flexibility index (Phi) is 5.68. The van der Waals surface area contributed by atoms with Crippen molar-refractivity contribution < 1.29 is 13.6 Å². The standard InChI is InChI=1S/C12H17BrN2O3S2/c1-12(2,3)10(11(19)14-16)15-20(17,18)9-6-4-8(13)5-7-9/h4-7,10,15-16H,1-3H3,(H,14,19). The van der Waals surface area contributed by atoms with Crippen molar-refractivity contribution in [1.29, 1.82) is 0 Å². The van der Waals surface area contributed by atoms with E-state index in [-0.39, 0.29) is 9.88 Å². The number of halogens is 1. The predicted octanol–water partition coefficient (Wildman–Crippen LogP) is 2.45. The molecule has 0 aliphatic heterocycles. The third-order valence-corrected chi connectivity index (χ3v) is 4.93. The van der Waals surface area contributed by atoms with Crippen LogP contribution in [0.25, 0.3) is 0 Å². The van der Waals surface area contributed by atoms with Crippen LogP contribution in [-0.4, -0.2) is 24.7 Å². The van der Waals surface area contributed by atoms with E-state index in [1.165, 1.54) is 12.1 Å². The Bertz CT molecular complexity index is 580. The molecule has 1 atom stereocenters. The summed E-state index contributed by atoms with van der Waals surface area (Å²) in [5.74, 6) is 0. The number of thiocarbonyl (C=S) groups is 1. The normalized spacial score (nSPS) is 13.8. The summed E-state index contributed by atoms with van der Waals surface area (Å²) < 4.78 is 28.0. The summed E-state index contributed by atoms with van der Waals surface area (Å²) in [6, 6.07) is 5.53. The van der Waals surface area contributed by atoms with Gasteiger partial charge >= 0.3 is 0 Å². The summed E-state index contributed by atoms with van der Waals surface area (Å²) in [4.78, 5) is 0.161. The minimum atomic E-state index is -3.72. The third-order valence-electron chi connectivity index (χ3n) is 2.64. The van der Waals surface area contributed by atoms with Gasteiger partial charge in [0.15, 0.2) is 0 Å². The first kappa shape index (κ1) is 17.5. The van der Waals surface area contributed by atoms with Crippen molar-refractivity contribution in [2.45, 2.75) is 31.7 Å². The Morgan fingerprint density at radius 2 is 1.80 bits per heavy atom. The first-order chi connectivity index (χ1) is 9.08. The summed E-state index contributed by atoms with van der Waals surface area (Å²) in [5, 5.41) is 8.94. The maximum absolute atomic E-state index is 12.3. The van der Waals surface area contributed by atoms with Crippen molar-refractivity contribution in [3.63, 3.8) is 0 Å². The molecule has 8 heteroatoms. The summed E-state index contributed by atoms with van der Waals surface area (Å²) in [6.45, 7) is 5.47. The minimum Gasteiger partial charge on any atom is -0.291 e. The Labute approximate surface area is 132 Å². The van der Waals surface area contributed by atoms with Crippen LogP contribution in [0.4, 0.5) is 0 Å². The average Bonchev–Trinajstić information content (AvgIpc) is 2.34. The highest BCUT2D eigenvalue weighted by Gasteiger charge is 2.32. The van der Waals surface area contributed by atoms with Gasteiger partial charge in [-0.3, -0.25) is 10.7 Å². The Morgan fingerprint density at radius 3 is 2.20 bits per heavy atom. The van der Waals surface area contributed by atoms with Gasteiger partial charge in [-0.05, 0) is 29.7 Å². The van der Waals surface area contributed by atoms with Crippen LogP contribution in [0.2, 0.25) is 0 Å². The van der Waals surface area contributed by atoms with Crippen LogP contribution < -0.4 is 10.2 Å². The maximum atomic E-state index is 12.3. The molecule has 0 spiro atoms. The van der Waals surface area contributed by atoms with Gasteiger partial charge in [-0.2, -0.15) is 0 Å². The van der Waals surface area contributed by atoms with Gasteiger partial charge in [0.25, 0.3) is 0 Å². The largest absolute Gasteiger partial charge is 0.291 e. The van der Waals surface area contributed by atoms with Gasteiger partial charge < -0.3 is 0 Å². The van der Waals surface area contributed by atoms with Gasteiger partial charge in [0.1, 0.15) is 4.99 Å². The molecule has 3 N–H and O–H groups in total. The van der Waals surface area contributed by atoms with Crippen molar-refractivity contribution in [1.82, 2.24) is 10.2 Å². The lowest BCUT2D eigenvalue weighted by Crippen LogP contribution is -2.52. The van der Waals surface area contributed by atoms with Crippen LogP contribution in [-0.2, 0) is 10.0 Å². The van der Waals surface area contributed by atoms with Crippen molar-refractivity contribution >= 4 is 43.2 Å². The lowest BCUT2D eigenvalue weighted by molar-refractivity contribution is 0.223. The zero-order valence-corrected chi connectivity index (χ0v) is 14.6. The second kappa shape index (κ2) is 6.48. The molecule has 0 aromatic heterocycles. The van der Waals surface area contributed by atoms with Gasteiger partial charge in [-0.25, -0.2) is 13.1 Å². The molecule has 0 radical (unpaired) electrons. The average molecular weight is 381 g/mol. The summed E-state index contributed by atoms with van der Waals surface area (Å²) in [7, 11) is -3.72. The van der Waals surface area contributed by atoms with E-state index in [0.29, 0.717) is 0 Å². The second-order valence-electron chi connectivity index (χ2n) is 5.35. The first-order valence-corrected chi connectivity index (χ1v) is 8.48. The van der Waals surface area contributed by atoms with E-state index < -0.39 is 21.5 Å². The summed E-state index contributed by atoms with van der Waals surface area (Å²) in [6.07, 6.45) is 0. The van der Waals surface area contributed by atoms with Gasteiger partial charge in [0.05, 0.1) is 10.9 Å². The molecule has 0 aliphatic carbocycles. The molecule has 112 valence electrons. The summed E-state index contributed by atoms with van der Waals surface area (Å²) >= 11 is 8.22. The molecule has 0 amide bonds. The molecule has 1 unspecified atom stereocenters. The molecule has 0 saturated carbocycles. The molecule has 0 fully saturated rings. The molecule has 0 bridgehead atoms. The van der Waals surface area contributed by atoms with Crippen LogP contribution in [0.5, 0.6) is 0 Å². The molecule has 1 aromatic rings. The minimum absolute atomic E-state index is 0.0261. The third kappa shape index (κ3) is 4.49. The molecule has 1 rings (SSSR count). The van der Waals surface area contributed by atoms with Crippen LogP contribution >= 0.6 is 28.1 Å². The van der Waals surface area contributed by atoms with Gasteiger partial charge in [-0.15, -0.1) is 0 Å². The molecular weight excluding hydrogens is 364 g/mol. The fourth-order valence-electron chi connectivity index (χ4n) is 1.53. The molecule has 0 heterocycles. The number of hydrogen-bond acceptors (Lipinski definition) is 4. The molecule has 5 nitrogen and oxygen atoms in total. The quantitative estimate of drug-likeness (QED) is 0.552. The lowest BCUT2D eigenvalue weighted by Gasteiger charge is -2.31. The van der Waals surface area contributed by atoms with Crippen LogP contribution in [0, 0.1) is 5.41 Å². The zero-order valence-electron chi connectivity index (χ0n) is 11.3. The summed E-state index contributed by atoms with van der Waals surface area (Å²) in [5.41, 5.74) is 1.36. The van der Waals surface area contributed by atoms with Gasteiger partial charge in [-0.1, -0.05) is 48.9 Å². The fourth-order valence-corrected chi connectivity index (χ4v) is 3.69. The number of hydrogen-bond donors (Lipinski definition) is 3. The second-order valence-corrected chi connectivity index (χ2v) is 8.42. The molecule has 1 aromatic carbocycles.